The summed E-state index contributed by atoms with van der Waals surface area (Å²) in [6.07, 6.45) is 1.93. The van der Waals surface area contributed by atoms with Gasteiger partial charge in [0.15, 0.2) is 5.82 Å². The van der Waals surface area contributed by atoms with Crippen LogP contribution in [0.25, 0.3) is 61.5 Å². The minimum absolute atomic E-state index is 0.587. The van der Waals surface area contributed by atoms with Gasteiger partial charge in [-0.05, 0) is 54.6 Å². The van der Waals surface area contributed by atoms with Gasteiger partial charge in [-0.15, -0.1) is 0 Å². The summed E-state index contributed by atoms with van der Waals surface area (Å²) in [6, 6.07) is 42.5. The van der Waals surface area contributed by atoms with Gasteiger partial charge in [0, 0.05) is 27.6 Å². The zero-order valence-electron chi connectivity index (χ0n) is 20.9. The van der Waals surface area contributed by atoms with Crippen LogP contribution in [0.1, 0.15) is 5.56 Å². The van der Waals surface area contributed by atoms with Crippen molar-refractivity contribution < 1.29 is 0 Å². The molecule has 4 aromatic carbocycles. The predicted octanol–water partition coefficient (Wildman–Crippen LogP) is 7.84. The highest BCUT2D eigenvalue weighted by molar-refractivity contribution is 6.09. The summed E-state index contributed by atoms with van der Waals surface area (Å²) >= 11 is 0. The van der Waals surface area contributed by atoms with Crippen LogP contribution >= 0.6 is 0 Å². The number of benzene rings is 4. The average molecular weight is 500 g/mol. The predicted molar refractivity (Wildman–Crippen MR) is 155 cm³/mol. The lowest BCUT2D eigenvalue weighted by molar-refractivity contribution is 1.15. The Balaban J connectivity index is 1.45. The first-order valence-electron chi connectivity index (χ1n) is 12.7. The van der Waals surface area contributed by atoms with Crippen molar-refractivity contribution in [3.63, 3.8) is 0 Å². The van der Waals surface area contributed by atoms with Crippen molar-refractivity contribution in [2.45, 2.75) is 0 Å². The van der Waals surface area contributed by atoms with Crippen LogP contribution in [0.3, 0.4) is 0 Å². The first-order chi connectivity index (χ1) is 19.3. The third-order valence-electron chi connectivity index (χ3n) is 6.90. The number of aromatic nitrogens is 4. The normalized spacial score (nSPS) is 11.1. The number of hydrogen-bond acceptors (Lipinski definition) is 4. The molecule has 182 valence electrons. The molecule has 0 spiro atoms. The number of nitrogens with zero attached hydrogens (tertiary/aromatic N) is 5. The van der Waals surface area contributed by atoms with Crippen LogP contribution in [0, 0.1) is 11.3 Å². The van der Waals surface area contributed by atoms with Crippen LogP contribution in [0.15, 0.2) is 128 Å². The number of rotatable bonds is 4. The molecule has 3 heterocycles. The molecule has 0 fully saturated rings. The van der Waals surface area contributed by atoms with Crippen molar-refractivity contribution in [3.05, 3.63) is 133 Å². The van der Waals surface area contributed by atoms with E-state index in [1.807, 2.05) is 60.8 Å². The summed E-state index contributed by atoms with van der Waals surface area (Å²) in [7, 11) is 0. The second-order valence-corrected chi connectivity index (χ2v) is 9.29. The lowest BCUT2D eigenvalue weighted by Gasteiger charge is -2.10. The molecule has 3 aromatic heterocycles. The number of pyridine rings is 1. The Labute approximate surface area is 225 Å². The summed E-state index contributed by atoms with van der Waals surface area (Å²) in [5.41, 5.74) is 8.02. The van der Waals surface area contributed by atoms with Crippen molar-refractivity contribution in [2.75, 3.05) is 0 Å². The van der Waals surface area contributed by atoms with Crippen LogP contribution in [0.2, 0.25) is 0 Å². The minimum atomic E-state index is 0.587. The van der Waals surface area contributed by atoms with E-state index in [4.69, 9.17) is 15.0 Å². The highest BCUT2D eigenvalue weighted by Gasteiger charge is 2.16. The van der Waals surface area contributed by atoms with Crippen molar-refractivity contribution in [1.29, 1.82) is 5.26 Å². The molecule has 0 N–H and O–H groups in total. The first-order valence-corrected chi connectivity index (χ1v) is 12.7. The van der Waals surface area contributed by atoms with E-state index in [1.54, 1.807) is 12.1 Å². The molecule has 7 aromatic rings. The monoisotopic (exact) mass is 499 g/mol. The summed E-state index contributed by atoms with van der Waals surface area (Å²) in [6.45, 7) is 0. The van der Waals surface area contributed by atoms with E-state index in [2.05, 4.69) is 65.2 Å². The number of nitriles is 1. The SMILES string of the molecule is N#Cc1ccc(-c2nc(-c3ccccc3)cc(-c3cc4c5ccccc5n(-c5ccccc5)c4cn3)n2)cc1. The van der Waals surface area contributed by atoms with Crippen molar-refractivity contribution in [3.8, 4) is 45.8 Å². The molecule has 0 bridgehead atoms. The van der Waals surface area contributed by atoms with Gasteiger partial charge in [-0.3, -0.25) is 4.98 Å². The highest BCUT2D eigenvalue weighted by Crippen LogP contribution is 2.34. The van der Waals surface area contributed by atoms with Crippen molar-refractivity contribution >= 4 is 21.8 Å². The lowest BCUT2D eigenvalue weighted by atomic mass is 10.1. The van der Waals surface area contributed by atoms with Gasteiger partial charge in [0.2, 0.25) is 0 Å². The molecule has 5 heteroatoms. The van der Waals surface area contributed by atoms with E-state index >= 15 is 0 Å². The van der Waals surface area contributed by atoms with Gasteiger partial charge in [-0.1, -0.05) is 66.7 Å². The second-order valence-electron chi connectivity index (χ2n) is 9.29. The fourth-order valence-electron chi connectivity index (χ4n) is 5.02. The Bertz CT molecular complexity index is 2000. The minimum Gasteiger partial charge on any atom is -0.308 e. The molecule has 0 atom stereocenters. The van der Waals surface area contributed by atoms with Crippen molar-refractivity contribution in [2.24, 2.45) is 0 Å². The largest absolute Gasteiger partial charge is 0.308 e. The Kier molecular flexibility index (Phi) is 5.42. The maximum absolute atomic E-state index is 9.23. The zero-order chi connectivity index (χ0) is 26.2. The van der Waals surface area contributed by atoms with E-state index < -0.39 is 0 Å². The van der Waals surface area contributed by atoms with Gasteiger partial charge in [-0.2, -0.15) is 5.26 Å². The molecule has 0 aliphatic carbocycles. The molecule has 0 unspecified atom stereocenters. The van der Waals surface area contributed by atoms with E-state index in [0.29, 0.717) is 11.4 Å². The lowest BCUT2D eigenvalue weighted by Crippen LogP contribution is -1.98. The molecule has 0 saturated carbocycles. The first kappa shape index (κ1) is 22.6. The van der Waals surface area contributed by atoms with Crippen LogP contribution in [0.4, 0.5) is 0 Å². The summed E-state index contributed by atoms with van der Waals surface area (Å²) < 4.78 is 2.25. The number of para-hydroxylation sites is 2. The van der Waals surface area contributed by atoms with E-state index in [0.717, 1.165) is 55.7 Å². The highest BCUT2D eigenvalue weighted by atomic mass is 15.0. The molecule has 0 aliphatic rings. The van der Waals surface area contributed by atoms with Gasteiger partial charge in [0.25, 0.3) is 0 Å². The fourth-order valence-corrected chi connectivity index (χ4v) is 5.02. The van der Waals surface area contributed by atoms with Crippen LogP contribution in [-0.2, 0) is 0 Å². The standard InChI is InChI=1S/C34H21N5/c35-21-23-15-17-25(18-16-23)34-37-29(24-9-3-1-4-10-24)20-31(38-34)30-19-28-27-13-7-8-14-32(27)39(33(28)22-36-30)26-11-5-2-6-12-26/h1-20,22H. The Morgan fingerprint density at radius 1 is 0.564 bits per heavy atom. The fraction of sp³-hybridized carbons (Fsp3) is 0. The third-order valence-corrected chi connectivity index (χ3v) is 6.90. The van der Waals surface area contributed by atoms with Gasteiger partial charge < -0.3 is 4.57 Å². The van der Waals surface area contributed by atoms with Crippen molar-refractivity contribution in [1.82, 2.24) is 19.5 Å². The van der Waals surface area contributed by atoms with E-state index in [1.165, 1.54) is 0 Å². The number of hydrogen-bond donors (Lipinski definition) is 0. The molecule has 5 nitrogen and oxygen atoms in total. The summed E-state index contributed by atoms with van der Waals surface area (Å²) in [5.74, 6) is 0.587. The Morgan fingerprint density at radius 3 is 2.03 bits per heavy atom. The molecule has 39 heavy (non-hydrogen) atoms. The molecule has 0 aliphatic heterocycles. The zero-order valence-corrected chi connectivity index (χ0v) is 20.9. The molecule has 0 saturated heterocycles. The molecule has 0 amide bonds. The van der Waals surface area contributed by atoms with Gasteiger partial charge >= 0.3 is 0 Å². The Hall–Kier alpha value is -5.60. The quantitative estimate of drug-likeness (QED) is 0.247. The second kappa shape index (κ2) is 9.37. The molecule has 7 rings (SSSR count). The van der Waals surface area contributed by atoms with E-state index in [9.17, 15) is 5.26 Å². The topological polar surface area (TPSA) is 67.4 Å². The molecule has 0 radical (unpaired) electrons. The van der Waals surface area contributed by atoms with Gasteiger partial charge in [-0.25, -0.2) is 9.97 Å². The maximum Gasteiger partial charge on any atom is 0.160 e. The Morgan fingerprint density at radius 2 is 1.26 bits per heavy atom. The smallest absolute Gasteiger partial charge is 0.160 e. The number of fused-ring (bicyclic) bond motifs is 3. The molecular weight excluding hydrogens is 478 g/mol. The van der Waals surface area contributed by atoms with Crippen LogP contribution < -0.4 is 0 Å². The molecular formula is C34H21N5. The average Bonchev–Trinajstić information content (AvgIpc) is 3.35. The van der Waals surface area contributed by atoms with Crippen LogP contribution in [0.5, 0.6) is 0 Å². The third kappa shape index (κ3) is 4.01. The maximum atomic E-state index is 9.23. The van der Waals surface area contributed by atoms with Gasteiger partial charge in [0.05, 0.1) is 45.9 Å². The van der Waals surface area contributed by atoms with E-state index in [-0.39, 0.29) is 0 Å². The summed E-state index contributed by atoms with van der Waals surface area (Å²) in [4.78, 5) is 14.7. The van der Waals surface area contributed by atoms with Gasteiger partial charge in [0.1, 0.15) is 0 Å². The van der Waals surface area contributed by atoms with Crippen LogP contribution in [-0.4, -0.2) is 19.5 Å². The summed E-state index contributed by atoms with van der Waals surface area (Å²) in [5, 5.41) is 11.5.